The Morgan fingerprint density at radius 3 is 2.70 bits per heavy atom. The first-order chi connectivity index (χ1) is 9.47. The van der Waals surface area contributed by atoms with Gasteiger partial charge < -0.3 is 10.5 Å². The van der Waals surface area contributed by atoms with Crippen molar-refractivity contribution in [3.63, 3.8) is 0 Å². The monoisotopic (exact) mass is 357 g/mol. The fourth-order valence-corrected chi connectivity index (χ4v) is 2.34. The third kappa shape index (κ3) is 3.72. The van der Waals surface area contributed by atoms with Gasteiger partial charge in [0.2, 0.25) is 0 Å². The number of hydrogen-bond acceptors (Lipinski definition) is 2. The van der Waals surface area contributed by atoms with Crippen molar-refractivity contribution in [2.24, 2.45) is 5.73 Å². The molecule has 0 aliphatic heterocycles. The van der Waals surface area contributed by atoms with Gasteiger partial charge in [-0.25, -0.2) is 4.39 Å². The van der Waals surface area contributed by atoms with Gasteiger partial charge in [-0.1, -0.05) is 39.7 Å². The van der Waals surface area contributed by atoms with Gasteiger partial charge >= 0.3 is 0 Å². The lowest BCUT2D eigenvalue weighted by Gasteiger charge is -2.14. The molecule has 2 rings (SSSR count). The molecule has 0 aromatic heterocycles. The molecular weight excluding hydrogens is 345 g/mol. The van der Waals surface area contributed by atoms with E-state index in [1.165, 1.54) is 6.07 Å². The second kappa shape index (κ2) is 6.57. The first-order valence-corrected chi connectivity index (χ1v) is 7.26. The average molecular weight is 359 g/mol. The predicted molar refractivity (Wildman–Crippen MR) is 82.5 cm³/mol. The van der Waals surface area contributed by atoms with Gasteiger partial charge in [-0.2, -0.15) is 0 Å². The van der Waals surface area contributed by atoms with Crippen LogP contribution < -0.4 is 10.5 Å². The van der Waals surface area contributed by atoms with Gasteiger partial charge in [0.15, 0.2) is 0 Å². The molecule has 0 fully saturated rings. The predicted octanol–water partition coefficient (Wildman–Crippen LogP) is 4.84. The van der Waals surface area contributed by atoms with E-state index in [0.29, 0.717) is 12.4 Å². The second-order valence-electron chi connectivity index (χ2n) is 4.51. The minimum Gasteiger partial charge on any atom is -0.489 e. The maximum atomic E-state index is 13.1. The highest BCUT2D eigenvalue weighted by Crippen LogP contribution is 2.28. The molecular formula is C15H14BrClFNO. The van der Waals surface area contributed by atoms with Crippen LogP contribution in [0.25, 0.3) is 0 Å². The van der Waals surface area contributed by atoms with Gasteiger partial charge in [0.05, 0.1) is 5.02 Å². The van der Waals surface area contributed by atoms with E-state index in [-0.39, 0.29) is 11.1 Å². The topological polar surface area (TPSA) is 35.2 Å². The van der Waals surface area contributed by atoms with E-state index in [9.17, 15) is 4.39 Å². The molecule has 0 aliphatic rings. The summed E-state index contributed by atoms with van der Waals surface area (Å²) >= 11 is 9.15. The minimum atomic E-state index is -0.436. The molecule has 2 nitrogen and oxygen atoms in total. The van der Waals surface area contributed by atoms with Crippen molar-refractivity contribution in [1.82, 2.24) is 0 Å². The zero-order chi connectivity index (χ0) is 14.7. The number of rotatable bonds is 4. The lowest BCUT2D eigenvalue weighted by Crippen LogP contribution is -2.08. The van der Waals surface area contributed by atoms with Gasteiger partial charge in [-0.3, -0.25) is 0 Å². The second-order valence-corrected chi connectivity index (χ2v) is 5.83. The van der Waals surface area contributed by atoms with Crippen molar-refractivity contribution in [2.45, 2.75) is 19.6 Å². The standard InChI is InChI=1S/C15H14BrClFNO/c1-9(19)12-4-3-11(16)7-15(12)20-8-10-2-5-14(18)13(17)6-10/h2-7,9H,8,19H2,1H3/t9-/m0/s1. The highest BCUT2D eigenvalue weighted by atomic mass is 79.9. The Kier molecular flexibility index (Phi) is 5.02. The first kappa shape index (κ1) is 15.3. The zero-order valence-corrected chi connectivity index (χ0v) is 13.2. The molecule has 0 saturated heterocycles. The molecule has 0 radical (unpaired) electrons. The van der Waals surface area contributed by atoms with Gasteiger partial charge in [-0.15, -0.1) is 0 Å². The molecule has 2 aromatic carbocycles. The van der Waals surface area contributed by atoms with Crippen LogP contribution in [0.3, 0.4) is 0 Å². The summed E-state index contributed by atoms with van der Waals surface area (Å²) in [5, 5.41) is 0.0905. The summed E-state index contributed by atoms with van der Waals surface area (Å²) in [4.78, 5) is 0. The van der Waals surface area contributed by atoms with Crippen molar-refractivity contribution >= 4 is 27.5 Å². The smallest absolute Gasteiger partial charge is 0.141 e. The van der Waals surface area contributed by atoms with Gasteiger partial charge in [0.25, 0.3) is 0 Å². The lowest BCUT2D eigenvalue weighted by atomic mass is 10.1. The van der Waals surface area contributed by atoms with Crippen LogP contribution in [0.2, 0.25) is 5.02 Å². The normalized spacial score (nSPS) is 12.2. The van der Waals surface area contributed by atoms with Crippen LogP contribution >= 0.6 is 27.5 Å². The summed E-state index contributed by atoms with van der Waals surface area (Å²) in [6.45, 7) is 2.20. The Morgan fingerprint density at radius 2 is 2.05 bits per heavy atom. The molecule has 0 spiro atoms. The summed E-state index contributed by atoms with van der Waals surface area (Å²) in [6, 6.07) is 10.1. The van der Waals surface area contributed by atoms with E-state index < -0.39 is 5.82 Å². The summed E-state index contributed by atoms with van der Waals surface area (Å²) in [5.41, 5.74) is 7.63. The van der Waals surface area contributed by atoms with Crippen molar-refractivity contribution in [1.29, 1.82) is 0 Å². The largest absolute Gasteiger partial charge is 0.489 e. The molecule has 2 aromatic rings. The van der Waals surface area contributed by atoms with Crippen molar-refractivity contribution in [3.05, 3.63) is 62.8 Å². The molecule has 0 aliphatic carbocycles. The summed E-state index contributed by atoms with van der Waals surface area (Å²) in [6.07, 6.45) is 0. The number of ether oxygens (including phenoxy) is 1. The Bertz CT molecular complexity index is 619. The van der Waals surface area contributed by atoms with Crippen LogP contribution in [0, 0.1) is 5.82 Å². The van der Waals surface area contributed by atoms with E-state index in [2.05, 4.69) is 15.9 Å². The molecule has 2 N–H and O–H groups in total. The molecule has 5 heteroatoms. The highest BCUT2D eigenvalue weighted by molar-refractivity contribution is 9.10. The van der Waals surface area contributed by atoms with Gasteiger partial charge in [0.1, 0.15) is 18.2 Å². The Balaban J connectivity index is 2.17. The average Bonchev–Trinajstić information content (AvgIpc) is 2.40. The summed E-state index contributed by atoms with van der Waals surface area (Å²) in [7, 11) is 0. The maximum Gasteiger partial charge on any atom is 0.141 e. The highest BCUT2D eigenvalue weighted by Gasteiger charge is 2.09. The van der Waals surface area contributed by atoms with Crippen LogP contribution in [-0.4, -0.2) is 0 Å². The van der Waals surface area contributed by atoms with E-state index in [0.717, 1.165) is 15.6 Å². The van der Waals surface area contributed by atoms with Gasteiger partial charge in [0, 0.05) is 16.1 Å². The molecule has 1 atom stereocenters. The Morgan fingerprint density at radius 1 is 1.30 bits per heavy atom. The number of nitrogens with two attached hydrogens (primary N) is 1. The van der Waals surface area contributed by atoms with Crippen molar-refractivity contribution in [2.75, 3.05) is 0 Å². The number of halogens is 3. The van der Waals surface area contributed by atoms with Crippen LogP contribution in [0.5, 0.6) is 5.75 Å². The number of benzene rings is 2. The van der Waals surface area contributed by atoms with Crippen LogP contribution in [0.1, 0.15) is 24.1 Å². The Hall–Kier alpha value is -1.10. The van der Waals surface area contributed by atoms with Crippen LogP contribution in [0.15, 0.2) is 40.9 Å². The lowest BCUT2D eigenvalue weighted by molar-refractivity contribution is 0.301. The number of hydrogen-bond donors (Lipinski definition) is 1. The van der Waals surface area contributed by atoms with E-state index >= 15 is 0 Å². The zero-order valence-electron chi connectivity index (χ0n) is 10.9. The van der Waals surface area contributed by atoms with Crippen LogP contribution in [-0.2, 0) is 6.61 Å². The van der Waals surface area contributed by atoms with Gasteiger partial charge in [-0.05, 0) is 36.8 Å². The first-order valence-electron chi connectivity index (χ1n) is 6.09. The minimum absolute atomic E-state index is 0.0905. The maximum absolute atomic E-state index is 13.1. The van der Waals surface area contributed by atoms with E-state index in [4.69, 9.17) is 22.1 Å². The molecule has 0 saturated carbocycles. The molecule has 106 valence electrons. The molecule has 0 heterocycles. The third-order valence-corrected chi connectivity index (χ3v) is 3.63. The SMILES string of the molecule is C[C@H](N)c1ccc(Br)cc1OCc1ccc(F)c(Cl)c1. The Labute approximate surface area is 130 Å². The summed E-state index contributed by atoms with van der Waals surface area (Å²) in [5.74, 6) is 0.268. The van der Waals surface area contributed by atoms with Crippen LogP contribution in [0.4, 0.5) is 4.39 Å². The quantitative estimate of drug-likeness (QED) is 0.848. The van der Waals surface area contributed by atoms with E-state index in [1.54, 1.807) is 12.1 Å². The van der Waals surface area contributed by atoms with E-state index in [1.807, 2.05) is 25.1 Å². The summed E-state index contributed by atoms with van der Waals surface area (Å²) < 4.78 is 19.8. The molecule has 0 bridgehead atoms. The van der Waals surface area contributed by atoms with Crippen molar-refractivity contribution < 1.29 is 9.13 Å². The molecule has 20 heavy (non-hydrogen) atoms. The fourth-order valence-electron chi connectivity index (χ4n) is 1.80. The molecule has 0 amide bonds. The fraction of sp³-hybridized carbons (Fsp3) is 0.200. The third-order valence-electron chi connectivity index (χ3n) is 2.84. The molecule has 0 unspecified atom stereocenters. The van der Waals surface area contributed by atoms with Crippen molar-refractivity contribution in [3.8, 4) is 5.75 Å².